The molecule has 5 aromatic carbocycles. The predicted octanol–water partition coefficient (Wildman–Crippen LogP) is 7.52. The van der Waals surface area contributed by atoms with Crippen LogP contribution in [0.1, 0.15) is 41.7 Å². The third-order valence-corrected chi connectivity index (χ3v) is 11.0. The van der Waals surface area contributed by atoms with Gasteiger partial charge in [0, 0.05) is 0 Å². The molecule has 0 saturated carbocycles. The first kappa shape index (κ1) is 43.3. The maximum Gasteiger partial charge on any atom is 0.190 e. The van der Waals surface area contributed by atoms with Gasteiger partial charge >= 0.3 is 0 Å². The van der Waals surface area contributed by atoms with Crippen LogP contribution in [-0.2, 0) is 80.4 Å². The summed E-state index contributed by atoms with van der Waals surface area (Å²) in [5.41, 5.74) is 4.96. The lowest BCUT2D eigenvalue weighted by atomic mass is 9.97. The highest BCUT2D eigenvalue weighted by Gasteiger charge is 2.57. The lowest BCUT2D eigenvalue weighted by Gasteiger charge is -2.46. The van der Waals surface area contributed by atoms with E-state index in [9.17, 15) is 5.11 Å². The molecule has 11 nitrogen and oxygen atoms in total. The molecule has 61 heavy (non-hydrogen) atoms. The number of aliphatic hydroxyl groups is 1. The molecule has 0 unspecified atom stereocenters. The van der Waals surface area contributed by atoms with E-state index in [-0.39, 0.29) is 26.4 Å². The molecular weight excluding hydrogens is 777 g/mol. The van der Waals surface area contributed by atoms with Crippen molar-refractivity contribution in [1.82, 2.24) is 0 Å². The van der Waals surface area contributed by atoms with Gasteiger partial charge in [-0.3, -0.25) is 0 Å². The van der Waals surface area contributed by atoms with Crippen molar-refractivity contribution in [3.8, 4) is 0 Å². The maximum absolute atomic E-state index is 11.9. The molecule has 8 rings (SSSR count). The second-order valence-corrected chi connectivity index (χ2v) is 16.1. The summed E-state index contributed by atoms with van der Waals surface area (Å²) in [6, 6.07) is 49.7. The molecule has 3 saturated heterocycles. The average molecular weight is 833 g/mol. The molecule has 5 aromatic rings. The molecular formula is C50H56O11. The minimum absolute atomic E-state index is 0.169. The first-order valence-corrected chi connectivity index (χ1v) is 21.1. The highest BCUT2D eigenvalue weighted by molar-refractivity contribution is 5.17. The van der Waals surface area contributed by atoms with Gasteiger partial charge in [-0.25, -0.2) is 0 Å². The standard InChI is InChI=1S/C50H56O11/c1-50(2)60-47-44(54-30-37-22-12-5-13-23-37)42(59-49(47)61-50)40(51)33-57-48-46(56-32-39-26-16-7-17-27-39)45(55-31-38-24-14-6-15-25-38)43(53-29-36-20-10-4-11-21-36)41(58-48)34-52-28-35-18-8-3-9-19-35/h3-27,40-49,51H,28-34H2,1-2H3/t40-,41-,42+,43+,44+,45+,46-,47-,48+,49-/m1/s1. The van der Waals surface area contributed by atoms with Gasteiger partial charge in [0.15, 0.2) is 18.4 Å². The van der Waals surface area contributed by atoms with Crippen LogP contribution in [0.5, 0.6) is 0 Å². The Labute approximate surface area is 358 Å². The van der Waals surface area contributed by atoms with Crippen LogP contribution < -0.4 is 0 Å². The fraction of sp³-hybridized carbons (Fsp3) is 0.400. The number of hydrogen-bond acceptors (Lipinski definition) is 11. The van der Waals surface area contributed by atoms with E-state index in [4.69, 9.17) is 47.4 Å². The SMILES string of the molecule is CC1(C)O[C@H]2O[C@@H]([C@H](O)CO[C@H]3O[C@H](COCc4ccccc4)[C@H](OCc4ccccc4)[C@H](OCc4ccccc4)[C@H]3OCc3ccccc3)[C@H](OCc3ccccc3)[C@H]2O1. The third-order valence-electron chi connectivity index (χ3n) is 11.0. The van der Waals surface area contributed by atoms with Crippen molar-refractivity contribution in [3.05, 3.63) is 179 Å². The van der Waals surface area contributed by atoms with Crippen molar-refractivity contribution >= 4 is 0 Å². The van der Waals surface area contributed by atoms with E-state index in [1.807, 2.05) is 166 Å². The quantitative estimate of drug-likeness (QED) is 0.0841. The zero-order valence-corrected chi connectivity index (χ0v) is 34.7. The van der Waals surface area contributed by atoms with Crippen LogP contribution in [-0.4, -0.2) is 85.5 Å². The second-order valence-electron chi connectivity index (χ2n) is 16.1. The molecule has 3 aliphatic rings. The van der Waals surface area contributed by atoms with Gasteiger partial charge in [0.25, 0.3) is 0 Å². The Morgan fingerprint density at radius 1 is 0.492 bits per heavy atom. The molecule has 3 heterocycles. The van der Waals surface area contributed by atoms with Crippen LogP contribution in [0, 0.1) is 0 Å². The van der Waals surface area contributed by atoms with E-state index in [2.05, 4.69) is 0 Å². The Morgan fingerprint density at radius 3 is 1.41 bits per heavy atom. The van der Waals surface area contributed by atoms with E-state index in [1.165, 1.54) is 0 Å². The second kappa shape index (κ2) is 21.2. The molecule has 11 heteroatoms. The van der Waals surface area contributed by atoms with Crippen LogP contribution >= 0.6 is 0 Å². The van der Waals surface area contributed by atoms with Crippen molar-refractivity contribution in [3.63, 3.8) is 0 Å². The van der Waals surface area contributed by atoms with Crippen LogP contribution in [0.3, 0.4) is 0 Å². The fourth-order valence-electron chi connectivity index (χ4n) is 7.94. The van der Waals surface area contributed by atoms with Crippen LogP contribution in [0.4, 0.5) is 0 Å². The molecule has 0 bridgehead atoms. The van der Waals surface area contributed by atoms with Crippen molar-refractivity contribution in [2.45, 2.75) is 114 Å². The summed E-state index contributed by atoms with van der Waals surface area (Å²) >= 11 is 0. The number of hydrogen-bond donors (Lipinski definition) is 1. The van der Waals surface area contributed by atoms with Gasteiger partial charge in [-0.1, -0.05) is 152 Å². The highest BCUT2D eigenvalue weighted by atomic mass is 16.8. The minimum Gasteiger partial charge on any atom is -0.388 e. The summed E-state index contributed by atoms with van der Waals surface area (Å²) in [6.07, 6.45) is -7.75. The molecule has 0 radical (unpaired) electrons. The summed E-state index contributed by atoms with van der Waals surface area (Å²) in [4.78, 5) is 0. The Morgan fingerprint density at radius 2 is 0.918 bits per heavy atom. The average Bonchev–Trinajstić information content (AvgIpc) is 3.78. The smallest absolute Gasteiger partial charge is 0.190 e. The van der Waals surface area contributed by atoms with Gasteiger partial charge < -0.3 is 52.5 Å². The zero-order valence-electron chi connectivity index (χ0n) is 34.7. The van der Waals surface area contributed by atoms with E-state index < -0.39 is 67.2 Å². The predicted molar refractivity (Wildman–Crippen MR) is 225 cm³/mol. The van der Waals surface area contributed by atoms with Crippen LogP contribution in [0.2, 0.25) is 0 Å². The molecule has 0 spiro atoms. The molecule has 0 amide bonds. The van der Waals surface area contributed by atoms with Crippen molar-refractivity contribution in [2.75, 3.05) is 13.2 Å². The third kappa shape index (κ3) is 11.8. The first-order chi connectivity index (χ1) is 29.9. The molecule has 322 valence electrons. The van der Waals surface area contributed by atoms with E-state index in [1.54, 1.807) is 0 Å². The minimum atomic E-state index is -1.16. The Kier molecular flexibility index (Phi) is 15.0. The summed E-state index contributed by atoms with van der Waals surface area (Å²) in [7, 11) is 0. The lowest BCUT2D eigenvalue weighted by molar-refractivity contribution is -0.333. The first-order valence-electron chi connectivity index (χ1n) is 21.1. The van der Waals surface area contributed by atoms with Crippen LogP contribution in [0.15, 0.2) is 152 Å². The maximum atomic E-state index is 11.9. The summed E-state index contributed by atoms with van der Waals surface area (Å²) < 4.78 is 65.3. The van der Waals surface area contributed by atoms with Crippen molar-refractivity contribution in [1.29, 1.82) is 0 Å². The van der Waals surface area contributed by atoms with Crippen molar-refractivity contribution < 1.29 is 52.5 Å². The van der Waals surface area contributed by atoms with Gasteiger partial charge in [-0.15, -0.1) is 0 Å². The largest absolute Gasteiger partial charge is 0.388 e. The summed E-state index contributed by atoms with van der Waals surface area (Å²) in [5.74, 6) is -0.874. The van der Waals surface area contributed by atoms with E-state index in [0.717, 1.165) is 27.8 Å². The fourth-order valence-corrected chi connectivity index (χ4v) is 7.94. The number of benzene rings is 5. The number of ether oxygens (including phenoxy) is 10. The van der Waals surface area contributed by atoms with Gasteiger partial charge in [-0.2, -0.15) is 0 Å². The normalized spacial score (nSPS) is 27.4. The van der Waals surface area contributed by atoms with Gasteiger partial charge in [0.2, 0.25) is 0 Å². The van der Waals surface area contributed by atoms with E-state index in [0.29, 0.717) is 19.8 Å². The lowest BCUT2D eigenvalue weighted by Crippen LogP contribution is -2.62. The molecule has 10 atom stereocenters. The summed E-state index contributed by atoms with van der Waals surface area (Å²) in [5, 5.41) is 11.9. The topological polar surface area (TPSA) is 113 Å². The zero-order chi connectivity index (χ0) is 41.9. The molecule has 0 aliphatic carbocycles. The molecule has 1 N–H and O–H groups in total. The Bertz CT molecular complexity index is 2010. The van der Waals surface area contributed by atoms with Crippen LogP contribution in [0.25, 0.3) is 0 Å². The molecule has 0 aromatic heterocycles. The highest BCUT2D eigenvalue weighted by Crippen LogP contribution is 2.40. The van der Waals surface area contributed by atoms with Gasteiger partial charge in [-0.05, 0) is 41.7 Å². The molecule has 3 fully saturated rings. The van der Waals surface area contributed by atoms with Gasteiger partial charge in [0.1, 0.15) is 48.8 Å². The Hall–Kier alpha value is -4.34. The number of aliphatic hydroxyl groups excluding tert-OH is 1. The summed E-state index contributed by atoms with van der Waals surface area (Å²) in [6.45, 7) is 5.14. The Balaban J connectivity index is 1.06. The molecule has 3 aliphatic heterocycles. The number of fused-ring (bicyclic) bond motifs is 1. The van der Waals surface area contributed by atoms with Crippen molar-refractivity contribution in [2.24, 2.45) is 0 Å². The monoisotopic (exact) mass is 832 g/mol. The van der Waals surface area contributed by atoms with Gasteiger partial charge in [0.05, 0.1) is 46.2 Å². The number of rotatable bonds is 20. The van der Waals surface area contributed by atoms with E-state index >= 15 is 0 Å².